The Bertz CT molecular complexity index is 359. The van der Waals surface area contributed by atoms with Crippen molar-refractivity contribution in [3.8, 4) is 0 Å². The second-order valence-electron chi connectivity index (χ2n) is 9.23. The van der Waals surface area contributed by atoms with Crippen LogP contribution < -0.4 is 12.4 Å². The van der Waals surface area contributed by atoms with Crippen molar-refractivity contribution in [3.63, 3.8) is 0 Å². The number of hydrogen-bond acceptors (Lipinski definition) is 3. The van der Waals surface area contributed by atoms with Crippen molar-refractivity contribution in [1.82, 2.24) is 0 Å². The van der Waals surface area contributed by atoms with Gasteiger partial charge in [-0.1, -0.05) is 104 Å². The van der Waals surface area contributed by atoms with Crippen molar-refractivity contribution in [2.45, 2.75) is 129 Å². The minimum atomic E-state index is -0.235. The summed E-state index contributed by atoms with van der Waals surface area (Å²) in [6, 6.07) is 0. The first-order valence-corrected chi connectivity index (χ1v) is 12.1. The van der Waals surface area contributed by atoms with Gasteiger partial charge < -0.3 is 16.9 Å². The first-order chi connectivity index (χ1) is 13.4. The average molecular weight is 436 g/mol. The van der Waals surface area contributed by atoms with Gasteiger partial charge in [0.25, 0.3) is 0 Å². The molecule has 0 fully saturated rings. The second-order valence-corrected chi connectivity index (χ2v) is 9.23. The van der Waals surface area contributed by atoms with E-state index in [1.54, 1.807) is 0 Å². The summed E-state index contributed by atoms with van der Waals surface area (Å²) in [6.07, 6.45) is 21.1. The zero-order valence-corrected chi connectivity index (χ0v) is 20.9. The lowest BCUT2D eigenvalue weighted by atomic mass is 10.0. The van der Waals surface area contributed by atoms with Crippen molar-refractivity contribution >= 4 is 5.97 Å². The third-order valence-corrected chi connectivity index (χ3v) is 5.45. The lowest BCUT2D eigenvalue weighted by Crippen LogP contribution is -3.00. The molecule has 5 heteroatoms. The lowest BCUT2D eigenvalue weighted by Gasteiger charge is -2.31. The second kappa shape index (κ2) is 20.9. The Morgan fingerprint density at radius 3 is 1.41 bits per heavy atom. The molecule has 0 aromatic heterocycles. The van der Waals surface area contributed by atoms with Gasteiger partial charge in [-0.25, -0.2) is 4.79 Å². The maximum atomic E-state index is 11.8. The Morgan fingerprint density at radius 1 is 0.690 bits per heavy atom. The van der Waals surface area contributed by atoms with Gasteiger partial charge in [-0.15, -0.1) is 4.89 Å². The van der Waals surface area contributed by atoms with Crippen LogP contribution in [-0.4, -0.2) is 37.8 Å². The zero-order valence-electron chi connectivity index (χ0n) is 20.1. The van der Waals surface area contributed by atoms with Crippen LogP contribution in [0.2, 0.25) is 0 Å². The highest BCUT2D eigenvalue weighted by Crippen LogP contribution is 2.14. The Labute approximate surface area is 188 Å². The number of halogens is 1. The molecule has 0 aromatic rings. The van der Waals surface area contributed by atoms with Crippen LogP contribution in [0.25, 0.3) is 0 Å². The molecule has 0 aliphatic heterocycles. The smallest absolute Gasteiger partial charge is 0.342 e. The normalized spacial score (nSPS) is 12.4. The molecule has 0 radical (unpaired) electrons. The summed E-state index contributed by atoms with van der Waals surface area (Å²) in [5.41, 5.74) is 0. The van der Waals surface area contributed by atoms with Crippen LogP contribution >= 0.6 is 0 Å². The van der Waals surface area contributed by atoms with Crippen molar-refractivity contribution in [2.24, 2.45) is 0 Å². The van der Waals surface area contributed by atoms with Crippen molar-refractivity contribution in [2.75, 3.05) is 21.1 Å². The van der Waals surface area contributed by atoms with E-state index in [2.05, 4.69) is 6.92 Å². The predicted molar refractivity (Wildman–Crippen MR) is 119 cm³/mol. The van der Waals surface area contributed by atoms with Crippen LogP contribution in [0.4, 0.5) is 0 Å². The highest BCUT2D eigenvalue weighted by Gasteiger charge is 2.25. The number of carbonyl (C=O) groups is 1. The average Bonchev–Trinajstić information content (AvgIpc) is 2.64. The van der Waals surface area contributed by atoms with Crippen LogP contribution in [0, 0.1) is 0 Å². The molecule has 0 saturated heterocycles. The monoisotopic (exact) mass is 435 g/mol. The molecule has 0 amide bonds. The molecule has 0 aliphatic rings. The number of carbonyl (C=O) groups excluding carboxylic acids is 1. The van der Waals surface area contributed by atoms with Crippen molar-refractivity contribution < 1.29 is 31.5 Å². The van der Waals surface area contributed by atoms with Gasteiger partial charge in [0, 0.05) is 12.8 Å². The highest BCUT2D eigenvalue weighted by molar-refractivity contribution is 5.68. The fourth-order valence-corrected chi connectivity index (χ4v) is 3.54. The summed E-state index contributed by atoms with van der Waals surface area (Å²) < 4.78 is 0.628. The minimum Gasteiger partial charge on any atom is -1.00 e. The van der Waals surface area contributed by atoms with Crippen LogP contribution in [0.1, 0.15) is 123 Å². The van der Waals surface area contributed by atoms with E-state index < -0.39 is 0 Å². The largest absolute Gasteiger partial charge is 1.00 e. The van der Waals surface area contributed by atoms with E-state index in [4.69, 9.17) is 9.78 Å². The van der Waals surface area contributed by atoms with Gasteiger partial charge in [-0.2, -0.15) is 0 Å². The molecule has 0 bridgehead atoms. The van der Waals surface area contributed by atoms with Gasteiger partial charge in [-0.3, -0.25) is 4.89 Å². The van der Waals surface area contributed by atoms with E-state index in [9.17, 15) is 4.79 Å². The molecule has 0 heterocycles. The van der Waals surface area contributed by atoms with Gasteiger partial charge in [-0.05, 0) is 6.42 Å². The number of quaternary nitrogens is 1. The quantitative estimate of drug-likeness (QED) is 0.0946. The van der Waals surface area contributed by atoms with Gasteiger partial charge >= 0.3 is 5.97 Å². The third-order valence-electron chi connectivity index (χ3n) is 5.45. The van der Waals surface area contributed by atoms with Crippen molar-refractivity contribution in [3.05, 3.63) is 0 Å². The summed E-state index contributed by atoms with van der Waals surface area (Å²) >= 11 is 0. The topological polar surface area (TPSA) is 35.5 Å². The molecule has 1 atom stereocenters. The number of unbranched alkanes of at least 4 members (excludes halogenated alkanes) is 14. The molecule has 176 valence electrons. The standard InChI is InChI=1S/C24H50NO3.ClH/c1-6-8-9-10-11-12-13-14-15-16-17-18-19-20-21-22-24(26)28-27-23(7-2)25(3,4)5;/h23H,6-22H2,1-5H3;1H/q+1;/p-1. The zero-order chi connectivity index (χ0) is 21.1. The van der Waals surface area contributed by atoms with E-state index in [1.165, 1.54) is 83.5 Å². The molecule has 4 nitrogen and oxygen atoms in total. The Hall–Kier alpha value is -0.320. The summed E-state index contributed by atoms with van der Waals surface area (Å²) in [4.78, 5) is 22.1. The van der Waals surface area contributed by atoms with E-state index in [1.807, 2.05) is 28.1 Å². The summed E-state index contributed by atoms with van der Waals surface area (Å²) in [6.45, 7) is 4.32. The van der Waals surface area contributed by atoms with Crippen LogP contribution in [0.5, 0.6) is 0 Å². The van der Waals surface area contributed by atoms with Gasteiger partial charge in [0.15, 0.2) is 0 Å². The number of hydrogen-bond donors (Lipinski definition) is 0. The molecular formula is C24H50ClNO3. The molecule has 29 heavy (non-hydrogen) atoms. The van der Waals surface area contributed by atoms with Gasteiger partial charge in [0.2, 0.25) is 6.23 Å². The van der Waals surface area contributed by atoms with Crippen LogP contribution in [-0.2, 0) is 14.6 Å². The predicted octanol–water partition coefficient (Wildman–Crippen LogP) is 4.17. The Kier molecular flexibility index (Phi) is 22.3. The van der Waals surface area contributed by atoms with E-state index in [0.29, 0.717) is 10.9 Å². The molecule has 0 aliphatic carbocycles. The summed E-state index contributed by atoms with van der Waals surface area (Å²) in [7, 11) is 6.12. The Balaban J connectivity index is 0. The third kappa shape index (κ3) is 20.7. The number of nitrogens with zero attached hydrogens (tertiary/aromatic N) is 1. The molecular weight excluding hydrogens is 386 g/mol. The molecule has 0 aromatic carbocycles. The van der Waals surface area contributed by atoms with Crippen LogP contribution in [0.15, 0.2) is 0 Å². The van der Waals surface area contributed by atoms with Crippen molar-refractivity contribution in [1.29, 1.82) is 0 Å². The minimum absolute atomic E-state index is 0. The molecule has 0 saturated carbocycles. The molecule has 0 rings (SSSR count). The van der Waals surface area contributed by atoms with E-state index >= 15 is 0 Å². The lowest BCUT2D eigenvalue weighted by molar-refractivity contribution is -0.929. The summed E-state index contributed by atoms with van der Waals surface area (Å²) in [5, 5.41) is 0. The fraction of sp³-hybridized carbons (Fsp3) is 0.958. The summed E-state index contributed by atoms with van der Waals surface area (Å²) in [5.74, 6) is -0.235. The highest BCUT2D eigenvalue weighted by atomic mass is 35.5. The van der Waals surface area contributed by atoms with E-state index in [-0.39, 0.29) is 24.6 Å². The number of rotatable bonds is 20. The maximum absolute atomic E-state index is 11.8. The molecule has 1 unspecified atom stereocenters. The fourth-order valence-electron chi connectivity index (χ4n) is 3.54. The SMILES string of the molecule is CCCCCCCCCCCCCCCCCC(=O)OOC(CC)[N+](C)(C)C.[Cl-]. The molecule has 0 N–H and O–H groups in total. The Morgan fingerprint density at radius 2 is 1.07 bits per heavy atom. The van der Waals surface area contributed by atoms with Gasteiger partial charge in [0.1, 0.15) is 0 Å². The first-order valence-electron chi connectivity index (χ1n) is 12.1. The van der Waals surface area contributed by atoms with Crippen LogP contribution in [0.3, 0.4) is 0 Å². The van der Waals surface area contributed by atoms with E-state index in [0.717, 1.165) is 19.3 Å². The molecule has 0 spiro atoms. The van der Waals surface area contributed by atoms with Gasteiger partial charge in [0.05, 0.1) is 21.1 Å². The maximum Gasteiger partial charge on any atom is 0.342 e. The first kappa shape index (κ1) is 30.9.